The number of hydrogen-bond donors (Lipinski definition) is 1. The number of rotatable bonds is 3. The van der Waals surface area contributed by atoms with E-state index in [9.17, 15) is 18.3 Å². The molecule has 0 amide bonds. The molecule has 0 saturated heterocycles. The zero-order valence-electron chi connectivity index (χ0n) is 11.8. The summed E-state index contributed by atoms with van der Waals surface area (Å²) in [7, 11) is 0. The summed E-state index contributed by atoms with van der Waals surface area (Å²) >= 11 is 0. The summed E-state index contributed by atoms with van der Waals surface area (Å²) < 4.78 is 36.5. The molecule has 0 unspecified atom stereocenters. The Labute approximate surface area is 108 Å². The highest BCUT2D eigenvalue weighted by molar-refractivity contribution is 4.97. The molecule has 1 rings (SSSR count). The van der Waals surface area contributed by atoms with Crippen LogP contribution in [0.4, 0.5) is 13.2 Å². The van der Waals surface area contributed by atoms with Crippen molar-refractivity contribution in [2.24, 2.45) is 10.8 Å². The first-order valence-corrected chi connectivity index (χ1v) is 6.62. The third-order valence-electron chi connectivity index (χ3n) is 3.67. The van der Waals surface area contributed by atoms with E-state index < -0.39 is 18.2 Å². The Kier molecular flexibility index (Phi) is 4.12. The molecular weight excluding hydrogens is 241 g/mol. The molecule has 0 spiro atoms. The average molecular weight is 266 g/mol. The molecule has 0 bridgehead atoms. The summed E-state index contributed by atoms with van der Waals surface area (Å²) in [4.78, 5) is 0. The highest BCUT2D eigenvalue weighted by atomic mass is 19.4. The first-order valence-electron chi connectivity index (χ1n) is 6.62. The second kappa shape index (κ2) is 4.69. The topological polar surface area (TPSA) is 20.2 Å². The van der Waals surface area contributed by atoms with Crippen molar-refractivity contribution in [2.75, 3.05) is 0 Å². The highest BCUT2D eigenvalue weighted by Gasteiger charge is 2.46. The summed E-state index contributed by atoms with van der Waals surface area (Å²) in [5.74, 6) is 0. The van der Waals surface area contributed by atoms with Crippen molar-refractivity contribution in [1.82, 2.24) is 0 Å². The number of hydrogen-bond acceptors (Lipinski definition) is 1. The normalized spacial score (nSPS) is 26.0. The third kappa shape index (κ3) is 5.17. The van der Waals surface area contributed by atoms with Crippen LogP contribution in [-0.4, -0.2) is 16.9 Å². The van der Waals surface area contributed by atoms with Crippen molar-refractivity contribution in [1.29, 1.82) is 0 Å². The van der Waals surface area contributed by atoms with Crippen molar-refractivity contribution in [2.45, 2.75) is 78.0 Å². The first-order chi connectivity index (χ1) is 7.83. The molecule has 0 atom stereocenters. The number of alkyl halides is 3. The van der Waals surface area contributed by atoms with Gasteiger partial charge in [-0.2, -0.15) is 13.2 Å². The number of halogens is 3. The van der Waals surface area contributed by atoms with E-state index in [0.717, 1.165) is 6.42 Å². The van der Waals surface area contributed by atoms with Gasteiger partial charge in [-0.3, -0.25) is 0 Å². The van der Waals surface area contributed by atoms with Crippen LogP contribution in [0.15, 0.2) is 0 Å². The van der Waals surface area contributed by atoms with Gasteiger partial charge in [0.25, 0.3) is 0 Å². The van der Waals surface area contributed by atoms with Crippen LogP contribution in [0.3, 0.4) is 0 Å². The maximum atomic E-state index is 12.2. The van der Waals surface area contributed by atoms with Gasteiger partial charge in [0.1, 0.15) is 0 Å². The van der Waals surface area contributed by atoms with Gasteiger partial charge in [-0.05, 0) is 42.9 Å². The van der Waals surface area contributed by atoms with E-state index in [1.165, 1.54) is 0 Å². The third-order valence-corrected chi connectivity index (χ3v) is 3.67. The minimum Gasteiger partial charge on any atom is -0.390 e. The minimum absolute atomic E-state index is 0.00523. The Morgan fingerprint density at radius 1 is 0.944 bits per heavy atom. The maximum absolute atomic E-state index is 12.2. The standard InChI is InChI=1S/C14H25F3O/c1-11(2)8-12(3,4)10-13(18,9-11)6-5-7-14(15,16)17/h18H,5-10H2,1-4H3. The van der Waals surface area contributed by atoms with Crippen LogP contribution in [-0.2, 0) is 0 Å². The van der Waals surface area contributed by atoms with Gasteiger partial charge in [-0.1, -0.05) is 27.7 Å². The molecular formula is C14H25F3O. The molecule has 0 aliphatic heterocycles. The lowest BCUT2D eigenvalue weighted by Gasteiger charge is -2.49. The Morgan fingerprint density at radius 2 is 1.39 bits per heavy atom. The van der Waals surface area contributed by atoms with Crippen molar-refractivity contribution >= 4 is 0 Å². The molecule has 0 aromatic rings. The van der Waals surface area contributed by atoms with Gasteiger partial charge in [-0.15, -0.1) is 0 Å². The van der Waals surface area contributed by atoms with Gasteiger partial charge < -0.3 is 5.11 Å². The first kappa shape index (κ1) is 15.8. The summed E-state index contributed by atoms with van der Waals surface area (Å²) in [6.07, 6.45) is -2.44. The predicted octanol–water partition coefficient (Wildman–Crippen LogP) is 4.69. The van der Waals surface area contributed by atoms with E-state index in [0.29, 0.717) is 12.8 Å². The van der Waals surface area contributed by atoms with Gasteiger partial charge in [0.2, 0.25) is 0 Å². The lowest BCUT2D eigenvalue weighted by atomic mass is 9.59. The van der Waals surface area contributed by atoms with Crippen LogP contribution in [0.5, 0.6) is 0 Å². The molecule has 1 aliphatic carbocycles. The Hall–Kier alpha value is -0.250. The summed E-state index contributed by atoms with van der Waals surface area (Å²) in [6, 6.07) is 0. The second-order valence-corrected chi connectivity index (χ2v) is 7.55. The molecule has 0 aromatic carbocycles. The molecule has 4 heteroatoms. The lowest BCUT2D eigenvalue weighted by Crippen LogP contribution is -2.46. The quantitative estimate of drug-likeness (QED) is 0.786. The van der Waals surface area contributed by atoms with Crippen LogP contribution in [0.25, 0.3) is 0 Å². The van der Waals surface area contributed by atoms with Crippen LogP contribution in [0, 0.1) is 10.8 Å². The molecule has 0 radical (unpaired) electrons. The van der Waals surface area contributed by atoms with Gasteiger partial charge in [0.15, 0.2) is 0 Å². The van der Waals surface area contributed by atoms with Gasteiger partial charge in [0.05, 0.1) is 5.60 Å². The van der Waals surface area contributed by atoms with Crippen molar-refractivity contribution < 1.29 is 18.3 Å². The summed E-state index contributed by atoms with van der Waals surface area (Å²) in [6.45, 7) is 8.34. The predicted molar refractivity (Wildman–Crippen MR) is 66.3 cm³/mol. The van der Waals surface area contributed by atoms with Crippen molar-refractivity contribution in [3.05, 3.63) is 0 Å². The summed E-state index contributed by atoms with van der Waals surface area (Å²) in [5, 5.41) is 10.6. The smallest absolute Gasteiger partial charge is 0.389 e. The Morgan fingerprint density at radius 3 is 1.78 bits per heavy atom. The van der Waals surface area contributed by atoms with Crippen molar-refractivity contribution in [3.8, 4) is 0 Å². The second-order valence-electron chi connectivity index (χ2n) is 7.55. The fourth-order valence-electron chi connectivity index (χ4n) is 4.06. The van der Waals surface area contributed by atoms with E-state index in [4.69, 9.17) is 0 Å². The molecule has 1 fully saturated rings. The Bertz CT molecular complexity index is 276. The zero-order chi connectivity index (χ0) is 14.2. The molecule has 0 heterocycles. The minimum atomic E-state index is -4.12. The molecule has 18 heavy (non-hydrogen) atoms. The van der Waals surface area contributed by atoms with Crippen LogP contribution in [0.1, 0.15) is 66.2 Å². The maximum Gasteiger partial charge on any atom is 0.389 e. The monoisotopic (exact) mass is 266 g/mol. The molecule has 0 aromatic heterocycles. The fraction of sp³-hybridized carbons (Fsp3) is 1.00. The Balaban J connectivity index is 2.62. The van der Waals surface area contributed by atoms with Crippen LogP contribution >= 0.6 is 0 Å². The van der Waals surface area contributed by atoms with E-state index in [1.54, 1.807) is 0 Å². The summed E-state index contributed by atoms with van der Waals surface area (Å²) in [5.41, 5.74) is -0.944. The van der Waals surface area contributed by atoms with Crippen LogP contribution in [0.2, 0.25) is 0 Å². The van der Waals surface area contributed by atoms with E-state index in [2.05, 4.69) is 27.7 Å². The van der Waals surface area contributed by atoms with E-state index in [-0.39, 0.29) is 23.7 Å². The lowest BCUT2D eigenvalue weighted by molar-refractivity contribution is -0.142. The largest absolute Gasteiger partial charge is 0.390 e. The zero-order valence-corrected chi connectivity index (χ0v) is 11.8. The molecule has 1 aliphatic rings. The fourth-order valence-corrected chi connectivity index (χ4v) is 4.06. The molecule has 1 saturated carbocycles. The molecule has 1 N–H and O–H groups in total. The van der Waals surface area contributed by atoms with E-state index >= 15 is 0 Å². The number of aliphatic hydroxyl groups is 1. The SMILES string of the molecule is CC1(C)CC(C)(C)CC(O)(CCCC(F)(F)F)C1. The van der Waals surface area contributed by atoms with Gasteiger partial charge in [0, 0.05) is 6.42 Å². The van der Waals surface area contributed by atoms with Crippen molar-refractivity contribution in [3.63, 3.8) is 0 Å². The highest BCUT2D eigenvalue weighted by Crippen LogP contribution is 2.51. The average Bonchev–Trinajstić information content (AvgIpc) is 1.91. The van der Waals surface area contributed by atoms with Crippen LogP contribution < -0.4 is 0 Å². The van der Waals surface area contributed by atoms with Gasteiger partial charge in [-0.25, -0.2) is 0 Å². The van der Waals surface area contributed by atoms with E-state index in [1.807, 2.05) is 0 Å². The molecule has 1 nitrogen and oxygen atoms in total. The molecule has 108 valence electrons. The van der Waals surface area contributed by atoms with Gasteiger partial charge >= 0.3 is 6.18 Å².